The predicted octanol–water partition coefficient (Wildman–Crippen LogP) is 4.39. The van der Waals surface area contributed by atoms with Gasteiger partial charge in [0.05, 0.1) is 0 Å². The van der Waals surface area contributed by atoms with E-state index >= 15 is 0 Å². The second kappa shape index (κ2) is 10.1. The van der Waals surface area contributed by atoms with Crippen molar-refractivity contribution in [3.8, 4) is 5.75 Å². The van der Waals surface area contributed by atoms with E-state index in [4.69, 9.17) is 0 Å². The number of carbonyl (C=O) groups excluding carboxylic acids is 1. The number of para-hydroxylation sites is 1. The Hall–Kier alpha value is -1.77. The van der Waals surface area contributed by atoms with E-state index in [2.05, 4.69) is 12.1 Å². The van der Waals surface area contributed by atoms with Crippen LogP contribution in [-0.2, 0) is 15.3 Å². The van der Waals surface area contributed by atoms with Gasteiger partial charge in [-0.2, -0.15) is 0 Å². The Balaban J connectivity index is 1.58. The molecule has 1 aliphatic rings. The fourth-order valence-corrected chi connectivity index (χ4v) is 6.46. The molecule has 1 aliphatic heterocycles. The molecule has 1 unspecified atom stereocenters. The van der Waals surface area contributed by atoms with Gasteiger partial charge in [-0.05, 0) is 11.6 Å². The van der Waals surface area contributed by atoms with Crippen molar-refractivity contribution < 1.29 is 19.8 Å². The van der Waals surface area contributed by atoms with Crippen LogP contribution in [-0.4, -0.2) is 44.5 Å². The van der Waals surface area contributed by atoms with Crippen molar-refractivity contribution in [3.63, 3.8) is 0 Å². The van der Waals surface area contributed by atoms with Crippen molar-refractivity contribution in [2.45, 2.75) is 23.6 Å². The van der Waals surface area contributed by atoms with E-state index < -0.39 is 17.4 Å². The van der Waals surface area contributed by atoms with Crippen LogP contribution in [0.5, 0.6) is 5.75 Å². The first-order valence-electron chi connectivity index (χ1n) is 8.79. The van der Waals surface area contributed by atoms with Gasteiger partial charge in [-0.3, -0.25) is 4.79 Å². The van der Waals surface area contributed by atoms with E-state index in [1.165, 1.54) is 22.2 Å². The molecule has 2 atom stereocenters. The molecule has 0 aliphatic carbocycles. The second-order valence-electron chi connectivity index (χ2n) is 6.22. The van der Waals surface area contributed by atoms with Crippen LogP contribution < -0.4 is 0 Å². The van der Waals surface area contributed by atoms with Gasteiger partial charge >= 0.3 is 5.97 Å². The maximum Gasteiger partial charge on any atom is 0.327 e. The summed E-state index contributed by atoms with van der Waals surface area (Å²) in [6.45, 7) is 0. The average Bonchev–Trinajstić information content (AvgIpc) is 3.14. The number of rotatable bonds is 8. The lowest BCUT2D eigenvalue weighted by molar-refractivity contribution is -0.149. The van der Waals surface area contributed by atoms with Crippen LogP contribution in [0.25, 0.3) is 0 Å². The van der Waals surface area contributed by atoms with E-state index in [0.29, 0.717) is 17.1 Å². The van der Waals surface area contributed by atoms with Gasteiger partial charge in [0.25, 0.3) is 0 Å². The molecule has 1 saturated heterocycles. The molecule has 1 amide bonds. The van der Waals surface area contributed by atoms with E-state index in [0.717, 1.165) is 5.75 Å². The van der Waals surface area contributed by atoms with E-state index in [1.807, 2.05) is 18.2 Å². The maximum absolute atomic E-state index is 12.8. The van der Waals surface area contributed by atoms with Crippen LogP contribution in [0.3, 0.4) is 0 Å². The number of aromatic hydroxyl groups is 1. The Kier molecular flexibility index (Phi) is 7.58. The van der Waals surface area contributed by atoms with Crippen LogP contribution >= 0.6 is 33.3 Å². The van der Waals surface area contributed by atoms with Gasteiger partial charge in [0, 0.05) is 29.2 Å². The Bertz CT molecular complexity index is 818. The van der Waals surface area contributed by atoms with Crippen LogP contribution in [0.4, 0.5) is 0 Å². The molecule has 0 spiro atoms. The van der Waals surface area contributed by atoms with E-state index in [1.54, 1.807) is 45.9 Å². The lowest BCUT2D eigenvalue weighted by Crippen LogP contribution is -2.43. The highest BCUT2D eigenvalue weighted by Crippen LogP contribution is 2.44. The van der Waals surface area contributed by atoms with Crippen LogP contribution in [0.1, 0.15) is 22.9 Å². The molecule has 0 saturated carbocycles. The number of carbonyl (C=O) groups is 2. The molecule has 2 aromatic carbocycles. The highest BCUT2D eigenvalue weighted by Gasteiger charge is 2.42. The summed E-state index contributed by atoms with van der Waals surface area (Å²) in [7, 11) is 3.29. The third-order valence-corrected chi connectivity index (χ3v) is 7.97. The molecule has 0 bridgehead atoms. The monoisotopic (exact) mass is 435 g/mol. The third kappa shape index (κ3) is 5.18. The van der Waals surface area contributed by atoms with E-state index in [-0.39, 0.29) is 18.1 Å². The summed E-state index contributed by atoms with van der Waals surface area (Å²) in [6, 6.07) is 16.0. The molecule has 8 heteroatoms. The summed E-state index contributed by atoms with van der Waals surface area (Å²) in [5.41, 5.74) is 1.81. The van der Waals surface area contributed by atoms with Crippen LogP contribution in [0.15, 0.2) is 54.6 Å². The first-order valence-corrected chi connectivity index (χ1v) is 12.3. The molecule has 5 nitrogen and oxygen atoms in total. The van der Waals surface area contributed by atoms with Crippen LogP contribution in [0.2, 0.25) is 0 Å². The second-order valence-corrected chi connectivity index (χ2v) is 9.92. The molecular weight excluding hydrogens is 414 g/mol. The van der Waals surface area contributed by atoms with Gasteiger partial charge in [-0.25, -0.2) is 4.79 Å². The third-order valence-electron chi connectivity index (χ3n) is 4.33. The largest absolute Gasteiger partial charge is 0.508 e. The number of thioether (sulfide) groups is 1. The zero-order chi connectivity index (χ0) is 19.9. The Morgan fingerprint density at radius 3 is 2.50 bits per heavy atom. The van der Waals surface area contributed by atoms with Crippen molar-refractivity contribution in [3.05, 3.63) is 65.7 Å². The summed E-state index contributed by atoms with van der Waals surface area (Å²) in [6.07, 6.45) is 0.265. The zero-order valence-corrected chi connectivity index (χ0v) is 17.5. The molecule has 148 valence electrons. The number of benzene rings is 2. The topological polar surface area (TPSA) is 77.8 Å². The Morgan fingerprint density at radius 1 is 1.07 bits per heavy atom. The van der Waals surface area contributed by atoms with Gasteiger partial charge in [0.15, 0.2) is 0 Å². The van der Waals surface area contributed by atoms with Crippen molar-refractivity contribution >= 4 is 45.2 Å². The Labute approximate surface area is 176 Å². The summed E-state index contributed by atoms with van der Waals surface area (Å²) in [5.74, 6) is 0.658. The first kappa shape index (κ1) is 21.0. The number of phenols is 1. The SMILES string of the molecule is O=C(O)[C@@H]1CSC(c2ccccc2O)N1C(=O)CCSSCc1ccccc1. The lowest BCUT2D eigenvalue weighted by Gasteiger charge is -2.28. The van der Waals surface area contributed by atoms with Gasteiger partial charge in [0.2, 0.25) is 5.91 Å². The zero-order valence-electron chi connectivity index (χ0n) is 15.1. The van der Waals surface area contributed by atoms with Gasteiger partial charge < -0.3 is 15.1 Å². The number of carboxylic acids is 1. The number of nitrogens with zero attached hydrogens (tertiary/aromatic N) is 1. The minimum atomic E-state index is -1.01. The fourth-order valence-electron chi connectivity index (χ4n) is 2.94. The van der Waals surface area contributed by atoms with Crippen molar-refractivity contribution in [1.82, 2.24) is 4.90 Å². The molecule has 1 heterocycles. The molecule has 28 heavy (non-hydrogen) atoms. The molecular formula is C20H21NO4S3. The normalized spacial score (nSPS) is 18.9. The standard InChI is InChI=1S/C20H21NO4S3/c22-17-9-5-4-8-15(17)19-21(16(13-26-19)20(24)25)18(23)10-11-27-28-12-14-6-2-1-3-7-14/h1-9,16,19,22H,10-13H2,(H,24,25)/t16-,19?/m0/s1. The molecule has 1 fully saturated rings. The van der Waals surface area contributed by atoms with E-state index in [9.17, 15) is 19.8 Å². The quantitative estimate of drug-likeness (QED) is 0.470. The number of aliphatic carboxylic acids is 1. The van der Waals surface area contributed by atoms with Crippen LogP contribution in [0, 0.1) is 0 Å². The molecule has 3 rings (SSSR count). The average molecular weight is 436 g/mol. The van der Waals surface area contributed by atoms with Crippen molar-refractivity contribution in [2.24, 2.45) is 0 Å². The molecule has 2 N–H and O–H groups in total. The lowest BCUT2D eigenvalue weighted by atomic mass is 10.1. The minimum Gasteiger partial charge on any atom is -0.508 e. The highest BCUT2D eigenvalue weighted by atomic mass is 33.1. The van der Waals surface area contributed by atoms with Crippen molar-refractivity contribution in [2.75, 3.05) is 11.5 Å². The van der Waals surface area contributed by atoms with Crippen molar-refractivity contribution in [1.29, 1.82) is 0 Å². The van der Waals surface area contributed by atoms with Gasteiger partial charge in [-0.15, -0.1) is 11.8 Å². The molecule has 2 aromatic rings. The summed E-state index contributed by atoms with van der Waals surface area (Å²) in [4.78, 5) is 25.9. The number of carboxylic acid groups (broad SMARTS) is 1. The minimum absolute atomic E-state index is 0.0802. The van der Waals surface area contributed by atoms with Gasteiger partial charge in [0.1, 0.15) is 17.2 Å². The summed E-state index contributed by atoms with van der Waals surface area (Å²) < 4.78 is 0. The summed E-state index contributed by atoms with van der Waals surface area (Å²) in [5, 5.41) is 19.2. The molecule has 0 aromatic heterocycles. The fraction of sp³-hybridized carbons (Fsp3) is 0.300. The number of hydrogen-bond acceptors (Lipinski definition) is 6. The highest BCUT2D eigenvalue weighted by molar-refractivity contribution is 8.76. The smallest absolute Gasteiger partial charge is 0.327 e. The Morgan fingerprint density at radius 2 is 1.79 bits per heavy atom. The summed E-state index contributed by atoms with van der Waals surface area (Å²) >= 11 is 1.38. The number of hydrogen-bond donors (Lipinski definition) is 2. The predicted molar refractivity (Wildman–Crippen MR) is 116 cm³/mol. The first-order chi connectivity index (χ1) is 13.6. The number of phenolic OH excluding ortho intramolecular Hbond substituents is 1. The van der Waals surface area contributed by atoms with Gasteiger partial charge in [-0.1, -0.05) is 70.1 Å². The molecule has 0 radical (unpaired) electrons. The number of amides is 1. The maximum atomic E-state index is 12.8.